The number of hydrogen-bond donors (Lipinski definition) is 2. The first-order chi connectivity index (χ1) is 7.88. The van der Waals surface area contributed by atoms with Gasteiger partial charge in [0.1, 0.15) is 12.1 Å². The summed E-state index contributed by atoms with van der Waals surface area (Å²) in [6, 6.07) is 2.30. The maximum atomic E-state index is 5.33. The fourth-order valence-corrected chi connectivity index (χ4v) is 1.83. The van der Waals surface area contributed by atoms with Crippen LogP contribution in [-0.4, -0.2) is 35.7 Å². The standard InChI is InChI=1S/C11H18N4O/c1-2-16-11-6-10(13-8-14-11)15-9-4-3-5-12-7-9/h6,8-9,12H,2-5,7H2,1H3,(H,13,14,15). The van der Waals surface area contributed by atoms with E-state index in [1.807, 2.05) is 13.0 Å². The highest BCUT2D eigenvalue weighted by atomic mass is 16.5. The van der Waals surface area contributed by atoms with Crippen molar-refractivity contribution in [3.8, 4) is 5.88 Å². The Balaban J connectivity index is 1.94. The number of anilines is 1. The van der Waals surface area contributed by atoms with E-state index in [4.69, 9.17) is 4.74 Å². The van der Waals surface area contributed by atoms with Gasteiger partial charge in [0.15, 0.2) is 0 Å². The third-order valence-corrected chi connectivity index (χ3v) is 2.58. The van der Waals surface area contributed by atoms with E-state index in [2.05, 4.69) is 20.6 Å². The summed E-state index contributed by atoms with van der Waals surface area (Å²) in [5.41, 5.74) is 0. The van der Waals surface area contributed by atoms with Crippen molar-refractivity contribution in [3.05, 3.63) is 12.4 Å². The molecule has 5 heteroatoms. The summed E-state index contributed by atoms with van der Waals surface area (Å²) in [5, 5.41) is 6.74. The van der Waals surface area contributed by atoms with Crippen LogP contribution >= 0.6 is 0 Å². The second kappa shape index (κ2) is 5.65. The number of nitrogens with zero attached hydrogens (tertiary/aromatic N) is 2. The Hall–Kier alpha value is -1.36. The Morgan fingerprint density at radius 2 is 2.50 bits per heavy atom. The van der Waals surface area contributed by atoms with E-state index in [9.17, 15) is 0 Å². The Kier molecular flexibility index (Phi) is 3.93. The lowest BCUT2D eigenvalue weighted by molar-refractivity contribution is 0.326. The predicted molar refractivity (Wildman–Crippen MR) is 62.7 cm³/mol. The maximum Gasteiger partial charge on any atom is 0.218 e. The first kappa shape index (κ1) is 11.1. The third kappa shape index (κ3) is 3.06. The minimum absolute atomic E-state index is 0.457. The van der Waals surface area contributed by atoms with Gasteiger partial charge in [0.2, 0.25) is 5.88 Å². The van der Waals surface area contributed by atoms with Crippen LogP contribution in [0.2, 0.25) is 0 Å². The summed E-state index contributed by atoms with van der Waals surface area (Å²) in [6.45, 7) is 4.68. The van der Waals surface area contributed by atoms with Gasteiger partial charge in [0, 0.05) is 18.7 Å². The average molecular weight is 222 g/mol. The molecule has 0 amide bonds. The van der Waals surface area contributed by atoms with E-state index in [0.717, 1.165) is 18.9 Å². The van der Waals surface area contributed by atoms with Crippen molar-refractivity contribution in [2.75, 3.05) is 25.0 Å². The van der Waals surface area contributed by atoms with E-state index in [0.29, 0.717) is 18.5 Å². The largest absolute Gasteiger partial charge is 0.478 e. The molecule has 2 rings (SSSR count). The lowest BCUT2D eigenvalue weighted by Crippen LogP contribution is -2.38. The molecule has 1 saturated heterocycles. The van der Waals surface area contributed by atoms with Crippen molar-refractivity contribution < 1.29 is 4.74 Å². The fourth-order valence-electron chi connectivity index (χ4n) is 1.83. The van der Waals surface area contributed by atoms with Gasteiger partial charge in [-0.25, -0.2) is 9.97 Å². The Morgan fingerprint density at radius 3 is 3.25 bits per heavy atom. The molecule has 2 N–H and O–H groups in total. The van der Waals surface area contributed by atoms with Crippen LogP contribution in [0.15, 0.2) is 12.4 Å². The molecular formula is C11H18N4O. The van der Waals surface area contributed by atoms with Crippen molar-refractivity contribution in [1.82, 2.24) is 15.3 Å². The van der Waals surface area contributed by atoms with Crippen LogP contribution in [0, 0.1) is 0 Å². The molecule has 88 valence electrons. The first-order valence-corrected chi connectivity index (χ1v) is 5.80. The van der Waals surface area contributed by atoms with Crippen molar-refractivity contribution in [3.63, 3.8) is 0 Å². The molecular weight excluding hydrogens is 204 g/mol. The highest BCUT2D eigenvalue weighted by Crippen LogP contribution is 2.14. The number of rotatable bonds is 4. The molecule has 1 aromatic heterocycles. The molecule has 1 aromatic rings. The lowest BCUT2D eigenvalue weighted by Gasteiger charge is -2.24. The third-order valence-electron chi connectivity index (χ3n) is 2.58. The number of aromatic nitrogens is 2. The van der Waals surface area contributed by atoms with Crippen LogP contribution in [0.5, 0.6) is 5.88 Å². The van der Waals surface area contributed by atoms with Crippen LogP contribution in [0.4, 0.5) is 5.82 Å². The molecule has 0 bridgehead atoms. The van der Waals surface area contributed by atoms with E-state index < -0.39 is 0 Å². The van der Waals surface area contributed by atoms with Crippen LogP contribution in [0.1, 0.15) is 19.8 Å². The second-order valence-electron chi connectivity index (χ2n) is 3.86. The molecule has 0 aliphatic carbocycles. The summed E-state index contributed by atoms with van der Waals surface area (Å²) in [5.74, 6) is 1.47. The Bertz CT molecular complexity index is 326. The summed E-state index contributed by atoms with van der Waals surface area (Å²) < 4.78 is 5.33. The van der Waals surface area contributed by atoms with Gasteiger partial charge in [-0.1, -0.05) is 0 Å². The van der Waals surface area contributed by atoms with Gasteiger partial charge in [-0.05, 0) is 26.3 Å². The minimum Gasteiger partial charge on any atom is -0.478 e. The van der Waals surface area contributed by atoms with Crippen molar-refractivity contribution >= 4 is 5.82 Å². The van der Waals surface area contributed by atoms with Crippen LogP contribution in [0.25, 0.3) is 0 Å². The highest BCUT2D eigenvalue weighted by Gasteiger charge is 2.13. The summed E-state index contributed by atoms with van der Waals surface area (Å²) in [7, 11) is 0. The number of piperidine rings is 1. The lowest BCUT2D eigenvalue weighted by atomic mass is 10.1. The Morgan fingerprint density at radius 1 is 1.56 bits per heavy atom. The summed E-state index contributed by atoms with van der Waals surface area (Å²) >= 11 is 0. The molecule has 1 aliphatic heterocycles. The number of hydrogen-bond acceptors (Lipinski definition) is 5. The monoisotopic (exact) mass is 222 g/mol. The van der Waals surface area contributed by atoms with Gasteiger partial charge >= 0.3 is 0 Å². The van der Waals surface area contributed by atoms with Gasteiger partial charge in [-0.3, -0.25) is 0 Å². The molecule has 1 aliphatic rings. The van der Waals surface area contributed by atoms with E-state index in [-0.39, 0.29) is 0 Å². The van der Waals surface area contributed by atoms with E-state index in [1.165, 1.54) is 19.2 Å². The molecule has 16 heavy (non-hydrogen) atoms. The van der Waals surface area contributed by atoms with Gasteiger partial charge in [-0.15, -0.1) is 0 Å². The smallest absolute Gasteiger partial charge is 0.218 e. The average Bonchev–Trinajstić information content (AvgIpc) is 2.31. The predicted octanol–water partition coefficient (Wildman–Crippen LogP) is 1.04. The fraction of sp³-hybridized carbons (Fsp3) is 0.636. The molecule has 1 atom stereocenters. The molecule has 0 aromatic carbocycles. The summed E-state index contributed by atoms with van der Waals surface area (Å²) in [4.78, 5) is 8.22. The van der Waals surface area contributed by atoms with E-state index >= 15 is 0 Å². The number of nitrogens with one attached hydrogen (secondary N) is 2. The quantitative estimate of drug-likeness (QED) is 0.797. The van der Waals surface area contributed by atoms with Crippen LogP contribution in [0.3, 0.4) is 0 Å². The van der Waals surface area contributed by atoms with E-state index in [1.54, 1.807) is 0 Å². The van der Waals surface area contributed by atoms with Crippen molar-refractivity contribution in [2.24, 2.45) is 0 Å². The molecule has 1 unspecified atom stereocenters. The maximum absolute atomic E-state index is 5.33. The van der Waals surface area contributed by atoms with Crippen LogP contribution < -0.4 is 15.4 Å². The zero-order valence-corrected chi connectivity index (χ0v) is 9.57. The van der Waals surface area contributed by atoms with Gasteiger partial charge in [-0.2, -0.15) is 0 Å². The minimum atomic E-state index is 0.457. The van der Waals surface area contributed by atoms with Gasteiger partial charge in [0.25, 0.3) is 0 Å². The first-order valence-electron chi connectivity index (χ1n) is 5.80. The summed E-state index contributed by atoms with van der Waals surface area (Å²) in [6.07, 6.45) is 3.92. The number of ether oxygens (including phenoxy) is 1. The molecule has 2 heterocycles. The van der Waals surface area contributed by atoms with Gasteiger partial charge < -0.3 is 15.4 Å². The normalized spacial score (nSPS) is 20.4. The van der Waals surface area contributed by atoms with Crippen molar-refractivity contribution in [2.45, 2.75) is 25.8 Å². The Labute approximate surface area is 95.6 Å². The molecule has 0 spiro atoms. The molecule has 5 nitrogen and oxygen atoms in total. The van der Waals surface area contributed by atoms with Gasteiger partial charge in [0.05, 0.1) is 6.61 Å². The zero-order valence-electron chi connectivity index (χ0n) is 9.57. The molecule has 1 fully saturated rings. The van der Waals surface area contributed by atoms with Crippen molar-refractivity contribution in [1.29, 1.82) is 0 Å². The topological polar surface area (TPSA) is 59.1 Å². The SMILES string of the molecule is CCOc1cc(NC2CCCNC2)ncn1. The zero-order chi connectivity index (χ0) is 11.2. The highest BCUT2D eigenvalue weighted by molar-refractivity contribution is 5.38. The molecule has 0 radical (unpaired) electrons. The molecule has 0 saturated carbocycles. The van der Waals surface area contributed by atoms with Crippen LogP contribution in [-0.2, 0) is 0 Å². The second-order valence-corrected chi connectivity index (χ2v) is 3.86.